The normalized spacial score (nSPS) is 10.2. The van der Waals surface area contributed by atoms with E-state index in [0.717, 1.165) is 4.88 Å². The molecule has 0 aliphatic rings. The van der Waals surface area contributed by atoms with Crippen molar-refractivity contribution < 1.29 is 4.79 Å². The van der Waals surface area contributed by atoms with Crippen LogP contribution in [-0.4, -0.2) is 5.78 Å². The maximum absolute atomic E-state index is 11.0. The number of rotatable bonds is 2. The Kier molecular flexibility index (Phi) is 2.29. The minimum absolute atomic E-state index is 0.145. The van der Waals surface area contributed by atoms with Crippen molar-refractivity contribution in [3.05, 3.63) is 33.8 Å². The third kappa shape index (κ3) is 1.71. The maximum Gasteiger partial charge on any atom is 0.169 e. The first-order valence-corrected chi connectivity index (χ1v) is 5.66. The lowest BCUT2D eigenvalue weighted by atomic mass is 10.3. The highest BCUT2D eigenvalue weighted by atomic mass is 32.1. The van der Waals surface area contributed by atoms with Gasteiger partial charge in [-0.25, -0.2) is 0 Å². The van der Waals surface area contributed by atoms with Crippen LogP contribution in [-0.2, 0) is 0 Å². The summed E-state index contributed by atoms with van der Waals surface area (Å²) in [4.78, 5) is 13.0. The Hall–Kier alpha value is -0.930. The molecule has 0 saturated heterocycles. The molecule has 0 aliphatic heterocycles. The summed E-state index contributed by atoms with van der Waals surface area (Å²) in [5.41, 5.74) is 1.21. The highest BCUT2D eigenvalue weighted by Crippen LogP contribution is 2.29. The zero-order valence-corrected chi connectivity index (χ0v) is 8.74. The topological polar surface area (TPSA) is 17.1 Å². The van der Waals surface area contributed by atoms with E-state index in [0.29, 0.717) is 0 Å². The predicted molar refractivity (Wildman–Crippen MR) is 57.6 cm³/mol. The number of Topliss-reactive ketones (excluding diaryl/α,β-unsaturated/α-hetero) is 1. The van der Waals surface area contributed by atoms with E-state index in [1.807, 2.05) is 17.5 Å². The van der Waals surface area contributed by atoms with Gasteiger partial charge in [-0.15, -0.1) is 11.3 Å². The van der Waals surface area contributed by atoms with Crippen LogP contribution in [0, 0.1) is 0 Å². The Morgan fingerprint density at radius 3 is 2.69 bits per heavy atom. The van der Waals surface area contributed by atoms with Crippen molar-refractivity contribution in [1.82, 2.24) is 0 Å². The van der Waals surface area contributed by atoms with Crippen molar-refractivity contribution in [2.45, 2.75) is 6.92 Å². The number of thiophene rings is 2. The van der Waals surface area contributed by atoms with Crippen LogP contribution >= 0.6 is 22.7 Å². The molecule has 2 aromatic rings. The summed E-state index contributed by atoms with van der Waals surface area (Å²) in [6.07, 6.45) is 0. The molecule has 3 heteroatoms. The molecule has 66 valence electrons. The molecule has 0 bridgehead atoms. The van der Waals surface area contributed by atoms with Crippen LogP contribution in [0.5, 0.6) is 0 Å². The van der Waals surface area contributed by atoms with E-state index in [4.69, 9.17) is 0 Å². The standard InChI is InChI=1S/C10H8OS2/c1-7(11)9-2-3-10(13-9)8-4-5-12-6-8/h2-6H,1H3. The summed E-state index contributed by atoms with van der Waals surface area (Å²) in [6, 6.07) is 5.96. The lowest BCUT2D eigenvalue weighted by Gasteiger charge is -1.87. The van der Waals surface area contributed by atoms with E-state index >= 15 is 0 Å². The van der Waals surface area contributed by atoms with Crippen LogP contribution in [0.25, 0.3) is 10.4 Å². The van der Waals surface area contributed by atoms with E-state index in [2.05, 4.69) is 11.4 Å². The van der Waals surface area contributed by atoms with Gasteiger partial charge in [-0.05, 0) is 35.9 Å². The monoisotopic (exact) mass is 208 g/mol. The smallest absolute Gasteiger partial charge is 0.169 e. The van der Waals surface area contributed by atoms with Crippen LogP contribution in [0.2, 0.25) is 0 Å². The molecule has 0 radical (unpaired) electrons. The molecule has 0 saturated carbocycles. The molecule has 0 unspecified atom stereocenters. The Balaban J connectivity index is 2.39. The summed E-state index contributed by atoms with van der Waals surface area (Å²) in [5.74, 6) is 0.145. The van der Waals surface area contributed by atoms with Gasteiger partial charge >= 0.3 is 0 Å². The molecule has 0 amide bonds. The van der Waals surface area contributed by atoms with Gasteiger partial charge in [0, 0.05) is 10.4 Å². The van der Waals surface area contributed by atoms with Crippen LogP contribution in [0.4, 0.5) is 0 Å². The number of hydrogen-bond acceptors (Lipinski definition) is 3. The molecule has 0 N–H and O–H groups in total. The van der Waals surface area contributed by atoms with E-state index in [-0.39, 0.29) is 5.78 Å². The summed E-state index contributed by atoms with van der Waals surface area (Å²) in [6.45, 7) is 1.60. The van der Waals surface area contributed by atoms with Gasteiger partial charge in [-0.1, -0.05) is 0 Å². The van der Waals surface area contributed by atoms with Crippen LogP contribution in [0.1, 0.15) is 16.6 Å². The molecule has 0 atom stereocenters. The summed E-state index contributed by atoms with van der Waals surface area (Å²) in [5, 5.41) is 4.14. The Labute approximate surface area is 84.7 Å². The van der Waals surface area contributed by atoms with Gasteiger partial charge in [-0.2, -0.15) is 11.3 Å². The molecule has 2 heterocycles. The third-order valence-electron chi connectivity index (χ3n) is 1.76. The Morgan fingerprint density at radius 1 is 1.31 bits per heavy atom. The van der Waals surface area contributed by atoms with Crippen molar-refractivity contribution in [2.75, 3.05) is 0 Å². The van der Waals surface area contributed by atoms with Crippen molar-refractivity contribution in [1.29, 1.82) is 0 Å². The first kappa shape index (κ1) is 8.66. The maximum atomic E-state index is 11.0. The second-order valence-electron chi connectivity index (χ2n) is 2.73. The Morgan fingerprint density at radius 2 is 2.15 bits per heavy atom. The number of carbonyl (C=O) groups excluding carboxylic acids is 1. The molecule has 2 rings (SSSR count). The van der Waals surface area contributed by atoms with Gasteiger partial charge in [0.25, 0.3) is 0 Å². The van der Waals surface area contributed by atoms with Crippen molar-refractivity contribution >= 4 is 28.5 Å². The van der Waals surface area contributed by atoms with Gasteiger partial charge in [0.1, 0.15) is 0 Å². The fourth-order valence-electron chi connectivity index (χ4n) is 1.09. The SMILES string of the molecule is CC(=O)c1ccc(-c2ccsc2)s1. The largest absolute Gasteiger partial charge is 0.294 e. The summed E-state index contributed by atoms with van der Waals surface area (Å²) < 4.78 is 0. The van der Waals surface area contributed by atoms with Crippen LogP contribution in [0.3, 0.4) is 0 Å². The van der Waals surface area contributed by atoms with Gasteiger partial charge in [-0.3, -0.25) is 4.79 Å². The first-order valence-electron chi connectivity index (χ1n) is 3.91. The molecule has 2 aromatic heterocycles. The van der Waals surface area contributed by atoms with Gasteiger partial charge in [0.2, 0.25) is 0 Å². The fourth-order valence-corrected chi connectivity index (χ4v) is 2.72. The zero-order valence-electron chi connectivity index (χ0n) is 7.11. The van der Waals surface area contributed by atoms with Crippen molar-refractivity contribution in [2.24, 2.45) is 0 Å². The predicted octanol–water partition coefficient (Wildman–Crippen LogP) is 3.68. The number of hydrogen-bond donors (Lipinski definition) is 0. The molecule has 1 nitrogen and oxygen atoms in total. The van der Waals surface area contributed by atoms with E-state index in [1.54, 1.807) is 29.6 Å². The first-order chi connectivity index (χ1) is 6.27. The lowest BCUT2D eigenvalue weighted by molar-refractivity contribution is 0.102. The second kappa shape index (κ2) is 3.44. The van der Waals surface area contributed by atoms with Crippen molar-refractivity contribution in [3.63, 3.8) is 0 Å². The highest BCUT2D eigenvalue weighted by Gasteiger charge is 2.05. The minimum atomic E-state index is 0.145. The van der Waals surface area contributed by atoms with Crippen molar-refractivity contribution in [3.8, 4) is 10.4 Å². The third-order valence-corrected chi connectivity index (χ3v) is 3.68. The average Bonchev–Trinajstić information content (AvgIpc) is 2.75. The van der Waals surface area contributed by atoms with E-state index < -0.39 is 0 Å². The van der Waals surface area contributed by atoms with E-state index in [1.165, 1.54) is 10.4 Å². The molecule has 0 spiro atoms. The second-order valence-corrected chi connectivity index (χ2v) is 4.60. The quantitative estimate of drug-likeness (QED) is 0.688. The molecule has 0 fully saturated rings. The minimum Gasteiger partial charge on any atom is -0.294 e. The van der Waals surface area contributed by atoms with Gasteiger partial charge < -0.3 is 0 Å². The molecule has 0 aliphatic carbocycles. The molecule has 13 heavy (non-hydrogen) atoms. The fraction of sp³-hybridized carbons (Fsp3) is 0.100. The number of carbonyl (C=O) groups is 1. The average molecular weight is 208 g/mol. The Bertz CT molecular complexity index is 412. The summed E-state index contributed by atoms with van der Waals surface area (Å²) >= 11 is 3.23. The van der Waals surface area contributed by atoms with Gasteiger partial charge in [0.05, 0.1) is 4.88 Å². The zero-order chi connectivity index (χ0) is 9.26. The van der Waals surface area contributed by atoms with Gasteiger partial charge in [0.15, 0.2) is 5.78 Å². The molecule has 0 aromatic carbocycles. The summed E-state index contributed by atoms with van der Waals surface area (Å²) in [7, 11) is 0. The molecular weight excluding hydrogens is 200 g/mol. The molecular formula is C10H8OS2. The number of ketones is 1. The lowest BCUT2D eigenvalue weighted by Crippen LogP contribution is -1.83. The van der Waals surface area contributed by atoms with Crippen LogP contribution in [0.15, 0.2) is 29.0 Å². The van der Waals surface area contributed by atoms with E-state index in [9.17, 15) is 4.79 Å². The highest BCUT2D eigenvalue weighted by molar-refractivity contribution is 7.17. The van der Waals surface area contributed by atoms with Crippen LogP contribution < -0.4 is 0 Å².